The molecule has 2 rings (SSSR count). The van der Waals surface area contributed by atoms with Gasteiger partial charge in [0.2, 0.25) is 0 Å². The van der Waals surface area contributed by atoms with E-state index in [0.29, 0.717) is 0 Å². The lowest BCUT2D eigenvalue weighted by Gasteiger charge is -2.15. The lowest BCUT2D eigenvalue weighted by atomic mass is 10.1. The molecule has 0 aliphatic heterocycles. The Morgan fingerprint density at radius 1 is 1.31 bits per heavy atom. The highest BCUT2D eigenvalue weighted by Gasteiger charge is 2.20. The van der Waals surface area contributed by atoms with Crippen LogP contribution in [0.5, 0.6) is 0 Å². The Labute approximate surface area is 166 Å². The minimum absolute atomic E-state index is 0.239. The number of hydrogen-bond acceptors (Lipinski definition) is 5. The number of amides is 1. The first-order chi connectivity index (χ1) is 12.3. The topological polar surface area (TPSA) is 90.8 Å². The van der Waals surface area contributed by atoms with Gasteiger partial charge in [0.15, 0.2) is 11.6 Å². The van der Waals surface area contributed by atoms with E-state index in [1.807, 2.05) is 28.1 Å². The van der Waals surface area contributed by atoms with Gasteiger partial charge < -0.3 is 15.5 Å². The van der Waals surface area contributed by atoms with Gasteiger partial charge in [-0.05, 0) is 52.9 Å². The number of hydroxylamine groups is 1. The third kappa shape index (κ3) is 5.24. The number of anilines is 2. The molecule has 140 valence electrons. The SMILES string of the molecule is O=C(NOC[C@@H](O)CO)c1ccc(F)c(F)c1Nc1ccc(I)cc1Cl. The van der Waals surface area contributed by atoms with Crippen LogP contribution in [0.1, 0.15) is 10.4 Å². The molecule has 6 nitrogen and oxygen atoms in total. The number of nitrogens with one attached hydrogen (secondary N) is 2. The maximum atomic E-state index is 14.2. The van der Waals surface area contributed by atoms with Crippen molar-refractivity contribution in [2.24, 2.45) is 0 Å². The van der Waals surface area contributed by atoms with Crippen LogP contribution in [-0.2, 0) is 4.84 Å². The van der Waals surface area contributed by atoms with E-state index in [1.165, 1.54) is 0 Å². The number of carbonyl (C=O) groups is 1. The summed E-state index contributed by atoms with van der Waals surface area (Å²) in [5, 5.41) is 20.7. The number of benzene rings is 2. The van der Waals surface area contributed by atoms with Gasteiger partial charge in [-0.2, -0.15) is 0 Å². The van der Waals surface area contributed by atoms with E-state index in [9.17, 15) is 13.6 Å². The third-order valence-electron chi connectivity index (χ3n) is 3.18. The van der Waals surface area contributed by atoms with E-state index in [2.05, 4.69) is 5.32 Å². The lowest BCUT2D eigenvalue weighted by Crippen LogP contribution is -2.30. The zero-order valence-corrected chi connectivity index (χ0v) is 16.0. The van der Waals surface area contributed by atoms with Crippen molar-refractivity contribution in [3.05, 3.63) is 56.1 Å². The fourth-order valence-electron chi connectivity index (χ4n) is 1.90. The molecule has 0 aromatic heterocycles. The lowest BCUT2D eigenvalue weighted by molar-refractivity contribution is -0.0295. The van der Waals surface area contributed by atoms with Gasteiger partial charge in [0.25, 0.3) is 5.91 Å². The fourth-order valence-corrected chi connectivity index (χ4v) is 2.80. The van der Waals surface area contributed by atoms with Crippen LogP contribution in [0.25, 0.3) is 0 Å². The number of hydrogen-bond donors (Lipinski definition) is 4. The molecule has 1 atom stereocenters. The van der Waals surface area contributed by atoms with Gasteiger partial charge in [-0.25, -0.2) is 14.3 Å². The van der Waals surface area contributed by atoms with Crippen molar-refractivity contribution >= 4 is 51.5 Å². The van der Waals surface area contributed by atoms with Crippen LogP contribution >= 0.6 is 34.2 Å². The Morgan fingerprint density at radius 3 is 2.69 bits per heavy atom. The van der Waals surface area contributed by atoms with E-state index in [4.69, 9.17) is 26.7 Å². The third-order valence-corrected chi connectivity index (χ3v) is 4.17. The average molecular weight is 499 g/mol. The summed E-state index contributed by atoms with van der Waals surface area (Å²) in [5.41, 5.74) is 1.61. The van der Waals surface area contributed by atoms with Crippen molar-refractivity contribution < 1.29 is 28.6 Å². The molecule has 0 saturated heterocycles. The first-order valence-corrected chi connectivity index (χ1v) is 8.70. The summed E-state index contributed by atoms with van der Waals surface area (Å²) in [6, 6.07) is 6.74. The maximum Gasteiger partial charge on any atom is 0.277 e. The highest BCUT2D eigenvalue weighted by Crippen LogP contribution is 2.31. The summed E-state index contributed by atoms with van der Waals surface area (Å²) in [6.45, 7) is -0.934. The molecule has 0 spiro atoms. The monoisotopic (exact) mass is 498 g/mol. The molecule has 2 aromatic carbocycles. The van der Waals surface area contributed by atoms with Gasteiger partial charge in [0.1, 0.15) is 12.7 Å². The van der Waals surface area contributed by atoms with Crippen molar-refractivity contribution in [2.45, 2.75) is 6.10 Å². The Bertz CT molecular complexity index is 810. The molecule has 0 aliphatic rings. The summed E-state index contributed by atoms with van der Waals surface area (Å²) in [5.74, 6) is -3.29. The predicted octanol–water partition coefficient (Wildman–Crippen LogP) is 2.98. The van der Waals surface area contributed by atoms with E-state index in [-0.39, 0.29) is 22.9 Å². The van der Waals surface area contributed by atoms with Crippen LogP contribution in [0.15, 0.2) is 30.3 Å². The van der Waals surface area contributed by atoms with Crippen LogP contribution in [0.3, 0.4) is 0 Å². The van der Waals surface area contributed by atoms with Gasteiger partial charge in [-0.1, -0.05) is 11.6 Å². The van der Waals surface area contributed by atoms with Gasteiger partial charge in [-0.3, -0.25) is 9.63 Å². The molecule has 26 heavy (non-hydrogen) atoms. The fraction of sp³-hybridized carbons (Fsp3) is 0.188. The standard InChI is InChI=1S/C16H14ClF2IN2O4/c17-11-5-8(20)1-4-13(11)21-15-10(2-3-12(18)14(15)19)16(25)22-26-7-9(24)6-23/h1-5,9,21,23-24H,6-7H2,(H,22,25)/t9-/m0/s1. The Morgan fingerprint density at radius 2 is 2.04 bits per heavy atom. The molecular weight excluding hydrogens is 485 g/mol. The molecule has 4 N–H and O–H groups in total. The maximum absolute atomic E-state index is 14.2. The molecule has 0 saturated carbocycles. The smallest absolute Gasteiger partial charge is 0.277 e. The normalized spacial score (nSPS) is 11.9. The summed E-state index contributed by atoms with van der Waals surface area (Å²) in [4.78, 5) is 16.9. The van der Waals surface area contributed by atoms with E-state index in [0.717, 1.165) is 15.7 Å². The summed E-state index contributed by atoms with van der Waals surface area (Å²) in [6.07, 6.45) is -1.19. The number of carbonyl (C=O) groups excluding carboxylic acids is 1. The van der Waals surface area contributed by atoms with Crippen molar-refractivity contribution in [1.82, 2.24) is 5.48 Å². The predicted molar refractivity (Wildman–Crippen MR) is 100 cm³/mol. The summed E-state index contributed by atoms with van der Waals surface area (Å²) >= 11 is 8.12. The second kappa shape index (κ2) is 9.42. The number of halogens is 4. The Kier molecular flexibility index (Phi) is 7.53. The number of aliphatic hydroxyl groups excluding tert-OH is 2. The second-order valence-corrected chi connectivity index (χ2v) is 6.76. The zero-order valence-electron chi connectivity index (χ0n) is 13.1. The molecule has 10 heteroatoms. The first kappa shape index (κ1) is 20.8. The molecule has 0 aliphatic carbocycles. The van der Waals surface area contributed by atoms with E-state index in [1.54, 1.807) is 18.2 Å². The molecule has 2 aromatic rings. The molecular formula is C16H14ClF2IN2O4. The van der Waals surface area contributed by atoms with Gasteiger partial charge in [0.05, 0.1) is 28.6 Å². The minimum atomic E-state index is -1.26. The molecule has 1 amide bonds. The van der Waals surface area contributed by atoms with Crippen LogP contribution in [0, 0.1) is 15.2 Å². The van der Waals surface area contributed by atoms with Crippen LogP contribution in [0.2, 0.25) is 5.02 Å². The molecule has 0 fully saturated rings. The van der Waals surface area contributed by atoms with Crippen LogP contribution in [0.4, 0.5) is 20.2 Å². The Balaban J connectivity index is 2.27. The largest absolute Gasteiger partial charge is 0.394 e. The van der Waals surface area contributed by atoms with Crippen LogP contribution in [-0.4, -0.2) is 35.4 Å². The quantitative estimate of drug-likeness (QED) is 0.348. The van der Waals surface area contributed by atoms with Crippen molar-refractivity contribution in [3.8, 4) is 0 Å². The van der Waals surface area contributed by atoms with E-state index < -0.39 is 35.9 Å². The second-order valence-electron chi connectivity index (χ2n) is 5.11. The van der Waals surface area contributed by atoms with E-state index >= 15 is 0 Å². The Hall–Kier alpha value is -1.53. The van der Waals surface area contributed by atoms with Gasteiger partial charge in [0, 0.05) is 3.57 Å². The first-order valence-electron chi connectivity index (χ1n) is 7.24. The molecule has 0 heterocycles. The summed E-state index contributed by atoms with van der Waals surface area (Å²) < 4.78 is 28.7. The van der Waals surface area contributed by atoms with Crippen molar-refractivity contribution in [1.29, 1.82) is 0 Å². The number of rotatable bonds is 7. The zero-order chi connectivity index (χ0) is 19.3. The average Bonchev–Trinajstić information content (AvgIpc) is 2.60. The van der Waals surface area contributed by atoms with Gasteiger partial charge in [-0.15, -0.1) is 0 Å². The molecule has 0 bridgehead atoms. The van der Waals surface area contributed by atoms with Crippen LogP contribution < -0.4 is 10.8 Å². The molecule has 0 radical (unpaired) electrons. The highest BCUT2D eigenvalue weighted by molar-refractivity contribution is 14.1. The molecule has 0 unspecified atom stereocenters. The van der Waals surface area contributed by atoms with Gasteiger partial charge >= 0.3 is 0 Å². The minimum Gasteiger partial charge on any atom is -0.394 e. The van der Waals surface area contributed by atoms with Crippen molar-refractivity contribution in [2.75, 3.05) is 18.5 Å². The number of aliphatic hydroxyl groups is 2. The highest BCUT2D eigenvalue weighted by atomic mass is 127. The summed E-state index contributed by atoms with van der Waals surface area (Å²) in [7, 11) is 0. The van der Waals surface area contributed by atoms with Crippen molar-refractivity contribution in [3.63, 3.8) is 0 Å².